The van der Waals surface area contributed by atoms with Crippen LogP contribution in [0.25, 0.3) is 0 Å². The molecule has 2 heterocycles. The minimum atomic E-state index is -1.38. The fourth-order valence-corrected chi connectivity index (χ4v) is 2.92. The Morgan fingerprint density at radius 2 is 1.44 bits per heavy atom. The van der Waals surface area contributed by atoms with Crippen molar-refractivity contribution < 1.29 is 28.6 Å². The van der Waals surface area contributed by atoms with Gasteiger partial charge in [-0.2, -0.15) is 0 Å². The number of pyridine rings is 2. The molecule has 0 saturated carbocycles. The van der Waals surface area contributed by atoms with Crippen LogP contribution >= 0.6 is 62.3 Å². The summed E-state index contributed by atoms with van der Waals surface area (Å²) in [5.41, 5.74) is -0.845. The van der Waals surface area contributed by atoms with Crippen molar-refractivity contribution >= 4 is 74.3 Å². The monoisotopic (exact) mass is 496 g/mol. The number of aromatic nitrogens is 2. The van der Waals surface area contributed by atoms with Crippen molar-refractivity contribution in [3.05, 3.63) is 53.9 Å². The minimum Gasteiger partial charge on any atom is -0.478 e. The fourth-order valence-electron chi connectivity index (χ4n) is 1.26. The van der Waals surface area contributed by atoms with Gasteiger partial charge in [-0.1, -0.05) is 46.4 Å². The van der Waals surface area contributed by atoms with E-state index in [0.29, 0.717) is 0 Å². The van der Waals surface area contributed by atoms with Crippen LogP contribution in [0.5, 0.6) is 0 Å². The molecule has 2 rings (SSSR count). The molecule has 134 valence electrons. The van der Waals surface area contributed by atoms with Gasteiger partial charge in [-0.3, -0.25) is 0 Å². The number of aromatic carboxylic acids is 2. The number of hydrogen-bond donors (Lipinski definition) is 2. The topological polar surface area (TPSA) is 100 Å². The highest BCUT2D eigenvalue weighted by molar-refractivity contribution is 9.10. The Kier molecular flexibility index (Phi) is 7.76. The predicted octanol–water partition coefficient (Wildman–Crippen LogP) is 5.21. The summed E-state index contributed by atoms with van der Waals surface area (Å²) in [6, 6.07) is 0.722. The molecule has 0 aromatic carbocycles. The average Bonchev–Trinajstić information content (AvgIpc) is 2.48. The third-order valence-electron chi connectivity index (χ3n) is 2.33. The molecule has 0 aliphatic heterocycles. The number of nitrogens with zero attached hydrogens (tertiary/aromatic N) is 2. The van der Waals surface area contributed by atoms with Crippen molar-refractivity contribution in [2.75, 3.05) is 0 Å². The van der Waals surface area contributed by atoms with Gasteiger partial charge in [-0.05, 0) is 22.0 Å². The summed E-state index contributed by atoms with van der Waals surface area (Å²) in [7, 11) is 0. The Hall–Kier alpha value is -1.26. The lowest BCUT2D eigenvalue weighted by molar-refractivity contribution is 0.0684. The van der Waals surface area contributed by atoms with E-state index >= 15 is 0 Å². The molecule has 6 nitrogen and oxygen atoms in total. The minimum absolute atomic E-state index is 0.301. The number of carboxylic acids is 2. The van der Waals surface area contributed by atoms with Gasteiger partial charge in [0.15, 0.2) is 21.9 Å². The van der Waals surface area contributed by atoms with Crippen molar-refractivity contribution in [1.29, 1.82) is 0 Å². The molecule has 0 radical (unpaired) electrons. The second-order valence-corrected chi connectivity index (χ2v) is 6.13. The van der Waals surface area contributed by atoms with Crippen LogP contribution in [0.1, 0.15) is 20.7 Å². The maximum absolute atomic E-state index is 13.0. The van der Waals surface area contributed by atoms with E-state index in [9.17, 15) is 18.4 Å². The number of halogens is 7. The van der Waals surface area contributed by atoms with Crippen molar-refractivity contribution in [1.82, 2.24) is 9.97 Å². The van der Waals surface area contributed by atoms with Crippen LogP contribution in [0, 0.1) is 11.6 Å². The molecule has 2 aromatic heterocycles. The van der Waals surface area contributed by atoms with Crippen molar-refractivity contribution in [2.24, 2.45) is 0 Å². The fraction of sp³-hybridized carbons (Fsp3) is 0. The SMILES string of the molecule is O=C(O)c1c(Cl)nc(Cl)c(F)c1Br.O=C(O)c1cc(F)c(Cl)nc1Cl. The summed E-state index contributed by atoms with van der Waals surface area (Å²) in [5.74, 6) is -4.56. The zero-order valence-electron chi connectivity index (χ0n) is 11.3. The van der Waals surface area contributed by atoms with Gasteiger partial charge in [0, 0.05) is 0 Å². The molecule has 0 unspecified atom stereocenters. The van der Waals surface area contributed by atoms with Crippen LogP contribution in [-0.4, -0.2) is 32.1 Å². The third-order valence-corrected chi connectivity index (χ3v) is 4.15. The van der Waals surface area contributed by atoms with E-state index in [1.165, 1.54) is 0 Å². The Balaban J connectivity index is 0.000000251. The normalized spacial score (nSPS) is 10.0. The highest BCUT2D eigenvalue weighted by Crippen LogP contribution is 2.30. The first-order chi connectivity index (χ1) is 11.5. The molecule has 0 aliphatic carbocycles. The van der Waals surface area contributed by atoms with E-state index in [1.807, 2.05) is 0 Å². The van der Waals surface area contributed by atoms with Gasteiger partial charge < -0.3 is 10.2 Å². The Labute approximate surface area is 166 Å². The summed E-state index contributed by atoms with van der Waals surface area (Å²) >= 11 is 24.0. The summed E-state index contributed by atoms with van der Waals surface area (Å²) < 4.78 is 25.3. The zero-order chi connectivity index (χ0) is 19.5. The lowest BCUT2D eigenvalue weighted by atomic mass is 10.3. The standard InChI is InChI=1S/C6HBrCl2FNO2.C6H2Cl2FNO2/c7-2-1(6(12)13)4(8)11-5(9)3(2)10;7-4-2(6(11)12)1-3(9)5(8)10-4/h(H,12,13);1H,(H,11,12). The Morgan fingerprint density at radius 3 is 1.92 bits per heavy atom. The quantitative estimate of drug-likeness (QED) is 0.551. The first-order valence-electron chi connectivity index (χ1n) is 5.65. The molecular weight excluding hydrogens is 496 g/mol. The van der Waals surface area contributed by atoms with E-state index in [4.69, 9.17) is 56.6 Å². The molecule has 0 bridgehead atoms. The lowest BCUT2D eigenvalue weighted by Crippen LogP contribution is -2.03. The van der Waals surface area contributed by atoms with Crippen LogP contribution in [-0.2, 0) is 0 Å². The summed E-state index contributed by atoms with van der Waals surface area (Å²) in [6.07, 6.45) is 0. The number of carbonyl (C=O) groups is 2. The van der Waals surface area contributed by atoms with Gasteiger partial charge in [0.05, 0.1) is 10.0 Å². The van der Waals surface area contributed by atoms with Crippen LogP contribution in [0.15, 0.2) is 10.5 Å². The Bertz CT molecular complexity index is 870. The van der Waals surface area contributed by atoms with Crippen molar-refractivity contribution in [3.63, 3.8) is 0 Å². The van der Waals surface area contributed by atoms with Gasteiger partial charge in [0.2, 0.25) is 0 Å². The highest BCUT2D eigenvalue weighted by Gasteiger charge is 2.21. The molecule has 0 amide bonds. The largest absolute Gasteiger partial charge is 0.478 e. The van der Waals surface area contributed by atoms with Crippen molar-refractivity contribution in [3.8, 4) is 0 Å². The maximum atomic E-state index is 13.0. The summed E-state index contributed by atoms with van der Waals surface area (Å²) in [6.45, 7) is 0. The second kappa shape index (κ2) is 8.91. The van der Waals surface area contributed by atoms with Gasteiger partial charge in [-0.15, -0.1) is 0 Å². The molecule has 13 heteroatoms. The van der Waals surface area contributed by atoms with E-state index in [0.717, 1.165) is 6.07 Å². The van der Waals surface area contributed by atoms with E-state index < -0.39 is 45.0 Å². The molecule has 25 heavy (non-hydrogen) atoms. The molecule has 0 fully saturated rings. The molecular formula is C12H3BrCl4F2N2O4. The molecule has 0 atom stereocenters. The molecule has 0 spiro atoms. The average molecular weight is 499 g/mol. The van der Waals surface area contributed by atoms with Gasteiger partial charge in [-0.25, -0.2) is 28.3 Å². The smallest absolute Gasteiger partial charge is 0.340 e. The summed E-state index contributed by atoms with van der Waals surface area (Å²) in [4.78, 5) is 27.5. The van der Waals surface area contributed by atoms with Crippen LogP contribution < -0.4 is 0 Å². The van der Waals surface area contributed by atoms with E-state index in [2.05, 4.69) is 25.9 Å². The van der Waals surface area contributed by atoms with E-state index in [1.54, 1.807) is 0 Å². The van der Waals surface area contributed by atoms with E-state index in [-0.39, 0.29) is 14.8 Å². The first-order valence-corrected chi connectivity index (χ1v) is 7.95. The first kappa shape index (κ1) is 21.8. The molecule has 2 aromatic rings. The second-order valence-electron chi connectivity index (χ2n) is 3.91. The summed E-state index contributed by atoms with van der Waals surface area (Å²) in [5, 5.41) is 15.5. The molecule has 0 saturated heterocycles. The zero-order valence-corrected chi connectivity index (χ0v) is 15.9. The van der Waals surface area contributed by atoms with Crippen molar-refractivity contribution in [2.45, 2.75) is 0 Å². The van der Waals surface area contributed by atoms with Gasteiger partial charge >= 0.3 is 11.9 Å². The van der Waals surface area contributed by atoms with Crippen LogP contribution in [0.2, 0.25) is 20.6 Å². The van der Waals surface area contributed by atoms with Crippen LogP contribution in [0.4, 0.5) is 8.78 Å². The van der Waals surface area contributed by atoms with Gasteiger partial charge in [0.25, 0.3) is 0 Å². The third kappa shape index (κ3) is 5.35. The Morgan fingerprint density at radius 1 is 0.920 bits per heavy atom. The number of carboxylic acid groups (broad SMARTS) is 2. The van der Waals surface area contributed by atoms with Gasteiger partial charge in [0.1, 0.15) is 15.9 Å². The molecule has 2 N–H and O–H groups in total. The lowest BCUT2D eigenvalue weighted by Gasteiger charge is -2.03. The predicted molar refractivity (Wildman–Crippen MR) is 90.0 cm³/mol. The number of hydrogen-bond acceptors (Lipinski definition) is 4. The number of rotatable bonds is 2. The molecule has 0 aliphatic rings. The maximum Gasteiger partial charge on any atom is 0.340 e. The van der Waals surface area contributed by atoms with Crippen LogP contribution in [0.3, 0.4) is 0 Å². The highest BCUT2D eigenvalue weighted by atomic mass is 79.9.